The van der Waals surface area contributed by atoms with E-state index in [0.29, 0.717) is 35.0 Å². The van der Waals surface area contributed by atoms with Crippen LogP contribution in [-0.2, 0) is 9.53 Å². The molecule has 3 aromatic carbocycles. The van der Waals surface area contributed by atoms with Gasteiger partial charge in [0.05, 0.1) is 22.8 Å². The number of aryl methyl sites for hydroxylation is 1. The van der Waals surface area contributed by atoms with E-state index in [-0.39, 0.29) is 24.4 Å². The highest BCUT2D eigenvalue weighted by Gasteiger charge is 2.31. The van der Waals surface area contributed by atoms with Crippen LogP contribution in [-0.4, -0.2) is 41.5 Å². The standard InChI is InChI=1S/C28H24F3N3O5/c1-15-32-21-9-7-18(38-14-28(29,30)31)11-24(21)34(15)23-5-3-4-19-22(12-37-27(19)23)33-17-6-8-20-25(10-17)36-13-26(20)39-16(2)35/h3-11,22,26,33H,12-14H2,1-2H3/t22-,26-/m1/s1. The number of nitrogens with zero attached hydrogens (tertiary/aromatic N) is 2. The van der Waals surface area contributed by atoms with E-state index in [4.69, 9.17) is 18.9 Å². The lowest BCUT2D eigenvalue weighted by atomic mass is 10.1. The molecule has 4 aromatic rings. The summed E-state index contributed by atoms with van der Waals surface area (Å²) in [5.74, 6) is 1.71. The second-order valence-electron chi connectivity index (χ2n) is 9.41. The molecule has 11 heteroatoms. The first-order valence-corrected chi connectivity index (χ1v) is 12.3. The van der Waals surface area contributed by atoms with Crippen LogP contribution in [0.4, 0.5) is 18.9 Å². The van der Waals surface area contributed by atoms with Crippen LogP contribution in [0, 0.1) is 6.92 Å². The van der Waals surface area contributed by atoms with Gasteiger partial charge in [-0.1, -0.05) is 12.1 Å². The van der Waals surface area contributed by atoms with E-state index in [1.165, 1.54) is 13.0 Å². The van der Waals surface area contributed by atoms with Crippen molar-refractivity contribution in [1.82, 2.24) is 9.55 Å². The van der Waals surface area contributed by atoms with E-state index in [2.05, 4.69) is 10.3 Å². The van der Waals surface area contributed by atoms with E-state index in [1.54, 1.807) is 12.1 Å². The lowest BCUT2D eigenvalue weighted by Gasteiger charge is -2.15. The Morgan fingerprint density at radius 2 is 1.95 bits per heavy atom. The first-order valence-electron chi connectivity index (χ1n) is 12.3. The normalized spacial score (nSPS) is 17.8. The molecule has 2 aliphatic rings. The lowest BCUT2D eigenvalue weighted by Crippen LogP contribution is -2.19. The molecule has 0 fully saturated rings. The number of benzene rings is 3. The van der Waals surface area contributed by atoms with Crippen LogP contribution < -0.4 is 19.5 Å². The molecule has 3 heterocycles. The van der Waals surface area contributed by atoms with Crippen LogP contribution in [0.3, 0.4) is 0 Å². The van der Waals surface area contributed by atoms with Crippen LogP contribution >= 0.6 is 0 Å². The maximum absolute atomic E-state index is 12.7. The first kappa shape index (κ1) is 24.9. The van der Waals surface area contributed by atoms with Crippen molar-refractivity contribution >= 4 is 22.7 Å². The Bertz CT molecular complexity index is 1580. The van der Waals surface area contributed by atoms with Crippen LogP contribution in [0.25, 0.3) is 16.7 Å². The van der Waals surface area contributed by atoms with Crippen molar-refractivity contribution in [3.8, 4) is 22.9 Å². The molecular formula is C28H24F3N3O5. The van der Waals surface area contributed by atoms with E-state index < -0.39 is 18.9 Å². The maximum Gasteiger partial charge on any atom is 0.422 e. The van der Waals surface area contributed by atoms with Crippen molar-refractivity contribution in [1.29, 1.82) is 0 Å². The number of imidazole rings is 1. The summed E-state index contributed by atoms with van der Waals surface area (Å²) >= 11 is 0. The first-order chi connectivity index (χ1) is 18.7. The molecule has 1 N–H and O–H groups in total. The number of rotatable bonds is 6. The minimum absolute atomic E-state index is 0.101. The molecule has 0 amide bonds. The van der Waals surface area contributed by atoms with E-state index in [0.717, 1.165) is 22.5 Å². The summed E-state index contributed by atoms with van der Waals surface area (Å²) in [4.78, 5) is 15.9. The molecule has 0 radical (unpaired) electrons. The van der Waals surface area contributed by atoms with Crippen LogP contribution in [0.2, 0.25) is 0 Å². The van der Waals surface area contributed by atoms with Crippen molar-refractivity contribution in [2.45, 2.75) is 32.2 Å². The van der Waals surface area contributed by atoms with Crippen molar-refractivity contribution in [2.75, 3.05) is 25.1 Å². The lowest BCUT2D eigenvalue weighted by molar-refractivity contribution is -0.153. The number of para-hydroxylation sites is 1. The summed E-state index contributed by atoms with van der Waals surface area (Å²) in [7, 11) is 0. The molecule has 39 heavy (non-hydrogen) atoms. The third-order valence-corrected chi connectivity index (χ3v) is 6.63. The number of nitrogens with one attached hydrogen (secondary N) is 1. The minimum atomic E-state index is -4.43. The maximum atomic E-state index is 12.7. The van der Waals surface area contributed by atoms with Crippen molar-refractivity contribution in [3.63, 3.8) is 0 Å². The molecule has 8 nitrogen and oxygen atoms in total. The number of esters is 1. The Labute approximate surface area is 221 Å². The molecule has 0 saturated carbocycles. The average molecular weight is 540 g/mol. The molecule has 2 aliphatic heterocycles. The number of anilines is 1. The summed E-state index contributed by atoms with van der Waals surface area (Å²) in [6, 6.07) is 15.9. The summed E-state index contributed by atoms with van der Waals surface area (Å²) < 4.78 is 62.1. The Balaban J connectivity index is 1.28. The molecule has 0 aliphatic carbocycles. The van der Waals surface area contributed by atoms with Gasteiger partial charge in [-0.2, -0.15) is 13.2 Å². The molecule has 6 rings (SSSR count). The smallest absolute Gasteiger partial charge is 0.422 e. The zero-order valence-corrected chi connectivity index (χ0v) is 21.0. The van der Waals surface area contributed by atoms with Gasteiger partial charge in [-0.25, -0.2) is 4.98 Å². The average Bonchev–Trinajstić information content (AvgIpc) is 3.57. The summed E-state index contributed by atoms with van der Waals surface area (Å²) in [6.07, 6.45) is -4.85. The third-order valence-electron chi connectivity index (χ3n) is 6.63. The van der Waals surface area contributed by atoms with Gasteiger partial charge < -0.3 is 24.3 Å². The third kappa shape index (κ3) is 4.80. The number of carbonyl (C=O) groups is 1. The monoisotopic (exact) mass is 539 g/mol. The highest BCUT2D eigenvalue weighted by atomic mass is 19.4. The number of hydrogen-bond donors (Lipinski definition) is 1. The molecule has 0 unspecified atom stereocenters. The van der Waals surface area contributed by atoms with Gasteiger partial charge in [-0.05, 0) is 37.3 Å². The number of aromatic nitrogens is 2. The number of hydrogen-bond acceptors (Lipinski definition) is 7. The number of carbonyl (C=O) groups excluding carboxylic acids is 1. The summed E-state index contributed by atoms with van der Waals surface area (Å²) in [5, 5.41) is 3.48. The van der Waals surface area contributed by atoms with E-state index in [1.807, 2.05) is 47.9 Å². The highest BCUT2D eigenvalue weighted by molar-refractivity contribution is 5.81. The number of alkyl halides is 3. The van der Waals surface area contributed by atoms with E-state index in [9.17, 15) is 18.0 Å². The number of fused-ring (bicyclic) bond motifs is 3. The van der Waals surface area contributed by atoms with Crippen molar-refractivity contribution in [3.05, 3.63) is 71.5 Å². The number of ether oxygens (including phenoxy) is 4. The topological polar surface area (TPSA) is 83.8 Å². The quantitative estimate of drug-likeness (QED) is 0.309. The predicted molar refractivity (Wildman–Crippen MR) is 136 cm³/mol. The molecule has 0 saturated heterocycles. The molecule has 2 atom stereocenters. The van der Waals surface area contributed by atoms with Gasteiger partial charge in [0.1, 0.15) is 36.3 Å². The Morgan fingerprint density at radius 3 is 2.74 bits per heavy atom. The minimum Gasteiger partial charge on any atom is -0.489 e. The van der Waals surface area contributed by atoms with E-state index >= 15 is 0 Å². The highest BCUT2D eigenvalue weighted by Crippen LogP contribution is 2.42. The van der Waals surface area contributed by atoms with Gasteiger partial charge in [0, 0.05) is 35.9 Å². The van der Waals surface area contributed by atoms with Crippen molar-refractivity contribution < 1.29 is 36.9 Å². The Hall–Kier alpha value is -4.41. The number of halogens is 3. The SMILES string of the molecule is CC(=O)O[C@@H]1COc2cc(N[C@@H]3COc4c3cccc4-n3c(C)nc4ccc(OCC(F)(F)F)cc43)ccc21. The summed E-state index contributed by atoms with van der Waals surface area (Å²) in [5.41, 5.74) is 4.53. The van der Waals surface area contributed by atoms with Gasteiger partial charge in [-0.3, -0.25) is 9.36 Å². The molecule has 0 bridgehead atoms. The molecule has 202 valence electrons. The predicted octanol–water partition coefficient (Wildman–Crippen LogP) is 5.82. The van der Waals surface area contributed by atoms with Crippen LogP contribution in [0.5, 0.6) is 17.2 Å². The molecule has 0 spiro atoms. The second kappa shape index (κ2) is 9.40. The van der Waals surface area contributed by atoms with Crippen molar-refractivity contribution in [2.24, 2.45) is 0 Å². The van der Waals surface area contributed by atoms with Crippen LogP contribution in [0.1, 0.15) is 36.0 Å². The van der Waals surface area contributed by atoms with Gasteiger partial charge in [-0.15, -0.1) is 0 Å². The fourth-order valence-electron chi connectivity index (χ4n) is 5.03. The Kier molecular flexibility index (Phi) is 6.00. The molecule has 1 aromatic heterocycles. The van der Waals surface area contributed by atoms with Gasteiger partial charge in [0.2, 0.25) is 0 Å². The second-order valence-corrected chi connectivity index (χ2v) is 9.41. The van der Waals surface area contributed by atoms with Crippen LogP contribution in [0.15, 0.2) is 54.6 Å². The van der Waals surface area contributed by atoms with Gasteiger partial charge in [0.25, 0.3) is 0 Å². The van der Waals surface area contributed by atoms with Gasteiger partial charge >= 0.3 is 12.1 Å². The molecular weight excluding hydrogens is 515 g/mol. The zero-order valence-electron chi connectivity index (χ0n) is 21.0. The Morgan fingerprint density at radius 1 is 1.10 bits per heavy atom. The zero-order chi connectivity index (χ0) is 27.3. The summed E-state index contributed by atoms with van der Waals surface area (Å²) in [6.45, 7) is 2.47. The fourth-order valence-corrected chi connectivity index (χ4v) is 5.03. The van der Waals surface area contributed by atoms with Gasteiger partial charge in [0.15, 0.2) is 12.7 Å². The largest absolute Gasteiger partial charge is 0.489 e. The fraction of sp³-hybridized carbons (Fsp3) is 0.286.